The van der Waals surface area contributed by atoms with Gasteiger partial charge in [0.2, 0.25) is 5.91 Å². The lowest BCUT2D eigenvalue weighted by atomic mass is 10.1. The van der Waals surface area contributed by atoms with Gasteiger partial charge in [0.1, 0.15) is 6.04 Å². The molecule has 0 saturated carbocycles. The molecule has 0 fully saturated rings. The molecule has 1 unspecified atom stereocenters. The Morgan fingerprint density at radius 1 is 1.33 bits per heavy atom. The van der Waals surface area contributed by atoms with E-state index in [0.29, 0.717) is 4.88 Å². The maximum Gasteiger partial charge on any atom is 0.337 e. The fraction of sp³-hybridized carbons (Fsp3) is 0.0769. The van der Waals surface area contributed by atoms with Crippen molar-refractivity contribution in [3.63, 3.8) is 0 Å². The van der Waals surface area contributed by atoms with Crippen LogP contribution in [0.15, 0.2) is 29.6 Å². The summed E-state index contributed by atoms with van der Waals surface area (Å²) < 4.78 is 0. The lowest BCUT2D eigenvalue weighted by Gasteiger charge is -2.14. The minimum Gasteiger partial charge on any atom is -0.478 e. The molecule has 110 valence electrons. The molecule has 0 aliphatic carbocycles. The molecule has 21 heavy (non-hydrogen) atoms. The van der Waals surface area contributed by atoms with E-state index in [0.717, 1.165) is 0 Å². The molecule has 0 saturated heterocycles. The van der Waals surface area contributed by atoms with Crippen LogP contribution in [0.2, 0.25) is 10.0 Å². The van der Waals surface area contributed by atoms with Crippen LogP contribution in [0.25, 0.3) is 0 Å². The Morgan fingerprint density at radius 2 is 2.05 bits per heavy atom. The molecular formula is C13H10Cl2N2O3S. The standard InChI is InChI=1S/C13H10Cl2N2O3S/c14-6-4-7(13(19)20)11(8(15)5-6)17-12(18)10(16)9-2-1-3-21-9/h1-5,10H,16H2,(H,17,18)(H,19,20). The van der Waals surface area contributed by atoms with Crippen LogP contribution in [-0.4, -0.2) is 17.0 Å². The third kappa shape index (κ3) is 3.54. The van der Waals surface area contributed by atoms with Gasteiger partial charge in [-0.2, -0.15) is 0 Å². The Labute approximate surface area is 134 Å². The number of anilines is 1. The number of amides is 1. The van der Waals surface area contributed by atoms with Crippen molar-refractivity contribution in [2.75, 3.05) is 5.32 Å². The van der Waals surface area contributed by atoms with Gasteiger partial charge in [-0.3, -0.25) is 4.79 Å². The summed E-state index contributed by atoms with van der Waals surface area (Å²) in [5, 5.41) is 13.6. The highest BCUT2D eigenvalue weighted by Crippen LogP contribution is 2.31. The number of halogens is 2. The molecule has 1 aromatic heterocycles. The quantitative estimate of drug-likeness (QED) is 0.792. The Morgan fingerprint density at radius 3 is 2.62 bits per heavy atom. The van der Waals surface area contributed by atoms with Gasteiger partial charge >= 0.3 is 5.97 Å². The number of carbonyl (C=O) groups is 2. The first kappa shape index (κ1) is 15.8. The molecule has 0 radical (unpaired) electrons. The van der Waals surface area contributed by atoms with Crippen molar-refractivity contribution in [2.24, 2.45) is 5.73 Å². The van der Waals surface area contributed by atoms with E-state index in [1.165, 1.54) is 23.5 Å². The molecule has 1 amide bonds. The summed E-state index contributed by atoms with van der Waals surface area (Å²) in [6, 6.07) is 5.14. The molecule has 1 atom stereocenters. The number of carboxylic acid groups (broad SMARTS) is 1. The molecule has 5 nitrogen and oxygen atoms in total. The zero-order valence-electron chi connectivity index (χ0n) is 10.5. The van der Waals surface area contributed by atoms with Crippen LogP contribution in [0.1, 0.15) is 21.3 Å². The van der Waals surface area contributed by atoms with Crippen LogP contribution in [0, 0.1) is 0 Å². The highest BCUT2D eigenvalue weighted by molar-refractivity contribution is 7.10. The Bertz CT molecular complexity index is 689. The van der Waals surface area contributed by atoms with E-state index in [-0.39, 0.29) is 21.3 Å². The van der Waals surface area contributed by atoms with Gasteiger partial charge in [0.25, 0.3) is 0 Å². The largest absolute Gasteiger partial charge is 0.478 e. The first-order valence-electron chi connectivity index (χ1n) is 5.72. The SMILES string of the molecule is NC(C(=O)Nc1c(Cl)cc(Cl)cc1C(=O)O)c1cccs1. The number of thiophene rings is 1. The monoisotopic (exact) mass is 344 g/mol. The number of nitrogens with one attached hydrogen (secondary N) is 1. The molecule has 0 spiro atoms. The molecule has 1 heterocycles. The lowest BCUT2D eigenvalue weighted by Crippen LogP contribution is -2.27. The molecule has 2 aromatic rings. The van der Waals surface area contributed by atoms with Gasteiger partial charge in [-0.25, -0.2) is 4.79 Å². The van der Waals surface area contributed by atoms with Gasteiger partial charge in [-0.05, 0) is 23.6 Å². The van der Waals surface area contributed by atoms with E-state index < -0.39 is 17.9 Å². The van der Waals surface area contributed by atoms with Crippen molar-refractivity contribution in [1.82, 2.24) is 0 Å². The van der Waals surface area contributed by atoms with Gasteiger partial charge in [0.05, 0.1) is 16.3 Å². The van der Waals surface area contributed by atoms with Crippen LogP contribution in [0.4, 0.5) is 5.69 Å². The fourth-order valence-electron chi connectivity index (χ4n) is 1.67. The van der Waals surface area contributed by atoms with Gasteiger partial charge in [-0.1, -0.05) is 29.3 Å². The summed E-state index contributed by atoms with van der Waals surface area (Å²) in [6.07, 6.45) is 0. The van der Waals surface area contributed by atoms with E-state index in [4.69, 9.17) is 34.0 Å². The predicted octanol–water partition coefficient (Wildman–Crippen LogP) is 3.39. The van der Waals surface area contributed by atoms with Crippen LogP contribution >= 0.6 is 34.5 Å². The normalized spacial score (nSPS) is 12.0. The van der Waals surface area contributed by atoms with Crippen molar-refractivity contribution < 1.29 is 14.7 Å². The molecule has 0 aliphatic rings. The minimum atomic E-state index is -1.25. The number of hydrogen-bond acceptors (Lipinski definition) is 4. The topological polar surface area (TPSA) is 92.4 Å². The maximum absolute atomic E-state index is 12.1. The number of benzene rings is 1. The summed E-state index contributed by atoms with van der Waals surface area (Å²) in [5.41, 5.74) is 5.60. The van der Waals surface area contributed by atoms with Gasteiger partial charge < -0.3 is 16.2 Å². The number of rotatable bonds is 4. The zero-order chi connectivity index (χ0) is 15.6. The molecule has 0 bridgehead atoms. The van der Waals surface area contributed by atoms with E-state index in [1.54, 1.807) is 17.5 Å². The number of aromatic carboxylic acids is 1. The molecule has 8 heteroatoms. The molecule has 2 rings (SSSR count). The third-order valence-corrected chi connectivity index (χ3v) is 4.14. The van der Waals surface area contributed by atoms with Gasteiger partial charge in [0, 0.05) is 9.90 Å². The van der Waals surface area contributed by atoms with Crippen LogP contribution in [0.3, 0.4) is 0 Å². The molecular weight excluding hydrogens is 335 g/mol. The van der Waals surface area contributed by atoms with E-state index >= 15 is 0 Å². The Hall–Kier alpha value is -1.60. The van der Waals surface area contributed by atoms with Crippen LogP contribution < -0.4 is 11.1 Å². The molecule has 0 aliphatic heterocycles. The fourth-order valence-corrected chi connectivity index (χ4v) is 2.93. The smallest absolute Gasteiger partial charge is 0.337 e. The van der Waals surface area contributed by atoms with E-state index in [9.17, 15) is 9.59 Å². The van der Waals surface area contributed by atoms with Crippen molar-refractivity contribution >= 4 is 52.1 Å². The second kappa shape index (κ2) is 6.44. The highest BCUT2D eigenvalue weighted by atomic mass is 35.5. The van der Waals surface area contributed by atoms with Crippen molar-refractivity contribution in [2.45, 2.75) is 6.04 Å². The second-order valence-electron chi connectivity index (χ2n) is 4.10. The summed E-state index contributed by atoms with van der Waals surface area (Å²) >= 11 is 13.0. The summed E-state index contributed by atoms with van der Waals surface area (Å²) in [4.78, 5) is 24.0. The van der Waals surface area contributed by atoms with Crippen molar-refractivity contribution in [3.05, 3.63) is 50.1 Å². The zero-order valence-corrected chi connectivity index (χ0v) is 12.8. The second-order valence-corrected chi connectivity index (χ2v) is 5.92. The maximum atomic E-state index is 12.1. The Kier molecular flexibility index (Phi) is 4.84. The summed E-state index contributed by atoms with van der Waals surface area (Å²) in [7, 11) is 0. The third-order valence-electron chi connectivity index (χ3n) is 2.67. The Balaban J connectivity index is 2.31. The van der Waals surface area contributed by atoms with Gasteiger partial charge in [0.15, 0.2) is 0 Å². The summed E-state index contributed by atoms with van der Waals surface area (Å²) in [6.45, 7) is 0. The molecule has 1 aromatic carbocycles. The van der Waals surface area contributed by atoms with Crippen LogP contribution in [-0.2, 0) is 4.79 Å². The number of hydrogen-bond donors (Lipinski definition) is 3. The summed E-state index contributed by atoms with van der Waals surface area (Å²) in [5.74, 6) is -1.80. The number of carbonyl (C=O) groups excluding carboxylic acids is 1. The average Bonchev–Trinajstić information content (AvgIpc) is 2.94. The van der Waals surface area contributed by atoms with E-state index in [2.05, 4.69) is 5.32 Å². The van der Waals surface area contributed by atoms with Crippen LogP contribution in [0.5, 0.6) is 0 Å². The predicted molar refractivity (Wildman–Crippen MR) is 83.3 cm³/mol. The van der Waals surface area contributed by atoms with Gasteiger partial charge in [-0.15, -0.1) is 11.3 Å². The minimum absolute atomic E-state index is 0.0226. The number of carboxylic acids is 1. The van der Waals surface area contributed by atoms with Crippen molar-refractivity contribution in [3.8, 4) is 0 Å². The molecule has 4 N–H and O–H groups in total. The lowest BCUT2D eigenvalue weighted by molar-refractivity contribution is -0.117. The average molecular weight is 345 g/mol. The van der Waals surface area contributed by atoms with Crippen molar-refractivity contribution in [1.29, 1.82) is 0 Å². The first-order chi connectivity index (χ1) is 9.90. The first-order valence-corrected chi connectivity index (χ1v) is 7.36. The highest BCUT2D eigenvalue weighted by Gasteiger charge is 2.22. The van der Waals surface area contributed by atoms with E-state index in [1.807, 2.05) is 0 Å². The number of nitrogens with two attached hydrogens (primary N) is 1.